The molecule has 3 heteroatoms. The normalized spacial score (nSPS) is 33.6. The quantitative estimate of drug-likeness (QED) is 0.780. The second kappa shape index (κ2) is 3.58. The van der Waals surface area contributed by atoms with Crippen molar-refractivity contribution in [2.24, 2.45) is 0 Å². The number of hydrogen-bond donors (Lipinski definition) is 1. The maximum Gasteiger partial charge on any atom is 0.0814 e. The minimum Gasteiger partial charge on any atom is -0.372 e. The number of rotatable bonds is 0. The molecule has 80 valence electrons. The molecule has 0 radical (unpaired) electrons. The average molecular weight is 268 g/mol. The molecule has 1 fully saturated rings. The van der Waals surface area contributed by atoms with Crippen LogP contribution in [0.4, 0.5) is 0 Å². The van der Waals surface area contributed by atoms with Gasteiger partial charge in [0.05, 0.1) is 18.2 Å². The monoisotopic (exact) mass is 267 g/mol. The maximum absolute atomic E-state index is 5.95. The highest BCUT2D eigenvalue weighted by atomic mass is 79.9. The summed E-state index contributed by atoms with van der Waals surface area (Å²) in [6.07, 6.45) is 1.71. The first kappa shape index (κ1) is 9.82. The molecular weight excluding hydrogens is 254 g/mol. The second-order valence-corrected chi connectivity index (χ2v) is 5.33. The number of benzene rings is 1. The zero-order valence-electron chi connectivity index (χ0n) is 8.66. The van der Waals surface area contributed by atoms with Crippen molar-refractivity contribution in [1.29, 1.82) is 0 Å². The van der Waals surface area contributed by atoms with Gasteiger partial charge in [0.25, 0.3) is 0 Å². The van der Waals surface area contributed by atoms with Gasteiger partial charge in [-0.15, -0.1) is 0 Å². The topological polar surface area (TPSA) is 21.3 Å². The molecule has 0 spiro atoms. The molecule has 1 heterocycles. The van der Waals surface area contributed by atoms with E-state index in [-0.39, 0.29) is 0 Å². The van der Waals surface area contributed by atoms with Crippen molar-refractivity contribution >= 4 is 15.9 Å². The van der Waals surface area contributed by atoms with Crippen LogP contribution in [0, 0.1) is 0 Å². The Hall–Kier alpha value is -0.380. The number of fused-ring (bicyclic) bond motifs is 3. The van der Waals surface area contributed by atoms with Crippen molar-refractivity contribution in [3.05, 3.63) is 33.8 Å². The number of ether oxygens (including phenoxy) is 1. The van der Waals surface area contributed by atoms with Crippen LogP contribution in [0.3, 0.4) is 0 Å². The highest BCUT2D eigenvalue weighted by Crippen LogP contribution is 2.37. The maximum atomic E-state index is 5.95. The molecule has 2 nitrogen and oxygen atoms in total. The SMILES string of the molecule is C[C@H]1CN[C@H]2c3ccc(Br)cc3C[C@H]2O1. The number of halogens is 1. The Kier molecular flexibility index (Phi) is 2.34. The Labute approximate surface area is 98.1 Å². The summed E-state index contributed by atoms with van der Waals surface area (Å²) >= 11 is 3.51. The highest BCUT2D eigenvalue weighted by Gasteiger charge is 2.36. The Balaban J connectivity index is 1.95. The molecule has 0 aromatic heterocycles. The first-order valence-electron chi connectivity index (χ1n) is 5.41. The van der Waals surface area contributed by atoms with E-state index in [1.54, 1.807) is 0 Å². The van der Waals surface area contributed by atoms with Crippen molar-refractivity contribution in [3.8, 4) is 0 Å². The highest BCUT2D eigenvalue weighted by molar-refractivity contribution is 9.10. The minimum absolute atomic E-state index is 0.332. The van der Waals surface area contributed by atoms with E-state index in [0.29, 0.717) is 18.2 Å². The van der Waals surface area contributed by atoms with Crippen LogP contribution in [-0.4, -0.2) is 18.8 Å². The molecule has 0 saturated carbocycles. The zero-order valence-corrected chi connectivity index (χ0v) is 10.3. The van der Waals surface area contributed by atoms with Crippen molar-refractivity contribution in [1.82, 2.24) is 5.32 Å². The van der Waals surface area contributed by atoms with Crippen LogP contribution in [-0.2, 0) is 11.2 Å². The van der Waals surface area contributed by atoms with Gasteiger partial charge in [0.1, 0.15) is 0 Å². The molecular formula is C12H14BrNO. The number of morpholine rings is 1. The van der Waals surface area contributed by atoms with Crippen LogP contribution in [0.15, 0.2) is 22.7 Å². The van der Waals surface area contributed by atoms with Gasteiger partial charge >= 0.3 is 0 Å². The van der Waals surface area contributed by atoms with Crippen molar-refractivity contribution < 1.29 is 4.74 Å². The summed E-state index contributed by atoms with van der Waals surface area (Å²) in [6, 6.07) is 6.94. The van der Waals surface area contributed by atoms with E-state index in [4.69, 9.17) is 4.74 Å². The van der Waals surface area contributed by atoms with Gasteiger partial charge in [-0.2, -0.15) is 0 Å². The summed E-state index contributed by atoms with van der Waals surface area (Å²) in [6.45, 7) is 3.08. The molecule has 0 amide bonds. The van der Waals surface area contributed by atoms with Crippen molar-refractivity contribution in [3.63, 3.8) is 0 Å². The fraction of sp³-hybridized carbons (Fsp3) is 0.500. The van der Waals surface area contributed by atoms with Gasteiger partial charge in [0.15, 0.2) is 0 Å². The smallest absolute Gasteiger partial charge is 0.0814 e. The fourth-order valence-corrected chi connectivity index (χ4v) is 3.01. The van der Waals surface area contributed by atoms with E-state index in [1.165, 1.54) is 11.1 Å². The van der Waals surface area contributed by atoms with Gasteiger partial charge in [-0.1, -0.05) is 22.0 Å². The summed E-state index contributed by atoms with van der Waals surface area (Å²) in [4.78, 5) is 0. The molecule has 1 aliphatic heterocycles. The summed E-state index contributed by atoms with van der Waals surface area (Å²) in [5, 5.41) is 3.57. The van der Waals surface area contributed by atoms with Gasteiger partial charge in [-0.25, -0.2) is 0 Å². The van der Waals surface area contributed by atoms with Crippen molar-refractivity contribution in [2.75, 3.05) is 6.54 Å². The summed E-state index contributed by atoms with van der Waals surface area (Å²) < 4.78 is 7.11. The Bertz CT molecular complexity index is 393. The predicted molar refractivity (Wildman–Crippen MR) is 62.9 cm³/mol. The molecule has 3 rings (SSSR count). The molecule has 15 heavy (non-hydrogen) atoms. The minimum atomic E-state index is 0.332. The standard InChI is InChI=1S/C12H14BrNO/c1-7-6-14-12-10-3-2-9(13)4-8(10)5-11(12)15-7/h2-4,7,11-12,14H,5-6H2,1H3/t7-,11+,12-/m0/s1. The van der Waals surface area contributed by atoms with Crippen LogP contribution in [0.1, 0.15) is 24.1 Å². The van der Waals surface area contributed by atoms with E-state index in [0.717, 1.165) is 17.4 Å². The fourth-order valence-electron chi connectivity index (χ4n) is 2.60. The summed E-state index contributed by atoms with van der Waals surface area (Å²) in [5.41, 5.74) is 2.83. The molecule has 1 aromatic carbocycles. The summed E-state index contributed by atoms with van der Waals surface area (Å²) in [5.74, 6) is 0. The third-order valence-corrected chi connectivity index (χ3v) is 3.76. The van der Waals surface area contributed by atoms with Gasteiger partial charge in [0.2, 0.25) is 0 Å². The Morgan fingerprint density at radius 3 is 3.20 bits per heavy atom. The largest absolute Gasteiger partial charge is 0.372 e. The lowest BCUT2D eigenvalue weighted by Gasteiger charge is -2.32. The van der Waals surface area contributed by atoms with Crippen LogP contribution in [0.25, 0.3) is 0 Å². The Morgan fingerprint density at radius 2 is 2.33 bits per heavy atom. The molecule has 1 N–H and O–H groups in total. The Morgan fingerprint density at radius 1 is 1.47 bits per heavy atom. The third kappa shape index (κ3) is 1.63. The number of hydrogen-bond acceptors (Lipinski definition) is 2. The molecule has 0 unspecified atom stereocenters. The lowest BCUT2D eigenvalue weighted by molar-refractivity contribution is -0.0468. The van der Waals surface area contributed by atoms with E-state index in [1.807, 2.05) is 0 Å². The van der Waals surface area contributed by atoms with E-state index < -0.39 is 0 Å². The molecule has 3 atom stereocenters. The third-order valence-electron chi connectivity index (χ3n) is 3.27. The lowest BCUT2D eigenvalue weighted by Crippen LogP contribution is -2.44. The molecule has 1 saturated heterocycles. The molecule has 1 aromatic rings. The first-order chi connectivity index (χ1) is 7.24. The van der Waals surface area contributed by atoms with Gasteiger partial charge in [0, 0.05) is 17.4 Å². The van der Waals surface area contributed by atoms with E-state index in [2.05, 4.69) is 46.4 Å². The molecule has 2 aliphatic rings. The van der Waals surface area contributed by atoms with Gasteiger partial charge in [-0.3, -0.25) is 0 Å². The van der Waals surface area contributed by atoms with Crippen LogP contribution in [0.5, 0.6) is 0 Å². The lowest BCUT2D eigenvalue weighted by atomic mass is 10.1. The second-order valence-electron chi connectivity index (χ2n) is 4.42. The van der Waals surface area contributed by atoms with Crippen LogP contribution in [0.2, 0.25) is 0 Å². The summed E-state index contributed by atoms with van der Waals surface area (Å²) in [7, 11) is 0. The van der Waals surface area contributed by atoms with Crippen LogP contribution < -0.4 is 5.32 Å². The number of nitrogens with one attached hydrogen (secondary N) is 1. The molecule has 1 aliphatic carbocycles. The van der Waals surface area contributed by atoms with Crippen LogP contribution >= 0.6 is 15.9 Å². The predicted octanol–water partition coefficient (Wildman–Crippen LogP) is 2.42. The zero-order chi connectivity index (χ0) is 10.4. The molecule has 0 bridgehead atoms. The first-order valence-corrected chi connectivity index (χ1v) is 6.20. The van der Waals surface area contributed by atoms with Gasteiger partial charge in [-0.05, 0) is 30.2 Å². The average Bonchev–Trinajstić information content (AvgIpc) is 2.53. The van der Waals surface area contributed by atoms with Gasteiger partial charge < -0.3 is 10.1 Å². The van der Waals surface area contributed by atoms with E-state index >= 15 is 0 Å². The van der Waals surface area contributed by atoms with Crippen molar-refractivity contribution in [2.45, 2.75) is 31.6 Å². The van der Waals surface area contributed by atoms with E-state index in [9.17, 15) is 0 Å².